The molecule has 6 heteroatoms. The maximum atomic E-state index is 10.9. The molecule has 4 N–H and O–H groups in total. The van der Waals surface area contributed by atoms with Crippen LogP contribution in [0.3, 0.4) is 0 Å². The van der Waals surface area contributed by atoms with Crippen LogP contribution in [-0.2, 0) is 4.79 Å². The molecule has 0 saturated carbocycles. The van der Waals surface area contributed by atoms with Gasteiger partial charge in [-0.3, -0.25) is 14.8 Å². The number of rotatable bonds is 4. The van der Waals surface area contributed by atoms with E-state index >= 15 is 0 Å². The smallest absolute Gasteiger partial charge is 0.281 e. The number of para-hydroxylation sites is 1. The van der Waals surface area contributed by atoms with Crippen LogP contribution in [-0.4, -0.2) is 23.6 Å². The lowest BCUT2D eigenvalue weighted by atomic mass is 10.2. The monoisotopic (exact) mass is 210 g/mol. The van der Waals surface area contributed by atoms with Gasteiger partial charge in [-0.15, -0.1) is 0 Å². The normalized spacial score (nSPS) is 9.40. The van der Waals surface area contributed by atoms with Crippen molar-refractivity contribution < 1.29 is 19.5 Å². The highest BCUT2D eigenvalue weighted by atomic mass is 16.5. The Kier molecular flexibility index (Phi) is 3.64. The summed E-state index contributed by atoms with van der Waals surface area (Å²) in [6, 6.07) is 6.25. The summed E-state index contributed by atoms with van der Waals surface area (Å²) in [5, 5.41) is 8.22. The molecule has 1 rings (SSSR count). The molecule has 0 aromatic heterocycles. The van der Waals surface area contributed by atoms with E-state index in [4.69, 9.17) is 15.7 Å². The number of hydrogen-bond donors (Lipinski definition) is 3. The highest BCUT2D eigenvalue weighted by Gasteiger charge is 2.09. The Morgan fingerprint density at radius 3 is 2.67 bits per heavy atom. The van der Waals surface area contributed by atoms with Gasteiger partial charge in [-0.1, -0.05) is 12.1 Å². The van der Waals surface area contributed by atoms with E-state index in [1.54, 1.807) is 12.1 Å². The second-order valence-electron chi connectivity index (χ2n) is 2.68. The van der Waals surface area contributed by atoms with Crippen LogP contribution in [0, 0.1) is 0 Å². The fourth-order valence-electron chi connectivity index (χ4n) is 0.972. The van der Waals surface area contributed by atoms with Gasteiger partial charge in [0.05, 0.1) is 5.56 Å². The lowest BCUT2D eigenvalue weighted by Gasteiger charge is -2.07. The Hall–Kier alpha value is -2.08. The highest BCUT2D eigenvalue weighted by molar-refractivity contribution is 5.95. The van der Waals surface area contributed by atoms with Crippen LogP contribution in [0.15, 0.2) is 24.3 Å². The molecule has 6 nitrogen and oxygen atoms in total. The highest BCUT2D eigenvalue weighted by Crippen LogP contribution is 2.16. The Balaban J connectivity index is 2.76. The third-order valence-corrected chi connectivity index (χ3v) is 1.64. The number of hydrogen-bond acceptors (Lipinski definition) is 4. The summed E-state index contributed by atoms with van der Waals surface area (Å²) in [5.41, 5.74) is 6.67. The Bertz CT molecular complexity index is 378. The van der Waals surface area contributed by atoms with Crippen LogP contribution >= 0.6 is 0 Å². The van der Waals surface area contributed by atoms with E-state index in [-0.39, 0.29) is 17.9 Å². The van der Waals surface area contributed by atoms with Gasteiger partial charge in [0.1, 0.15) is 5.75 Å². The van der Waals surface area contributed by atoms with E-state index in [1.807, 2.05) is 0 Å². The van der Waals surface area contributed by atoms with Crippen LogP contribution in [0.5, 0.6) is 5.75 Å². The Labute approximate surface area is 85.6 Å². The summed E-state index contributed by atoms with van der Waals surface area (Å²) in [7, 11) is 0. The fourth-order valence-corrected chi connectivity index (χ4v) is 0.972. The van der Waals surface area contributed by atoms with Gasteiger partial charge in [0.15, 0.2) is 6.61 Å². The predicted octanol–water partition coefficient (Wildman–Crippen LogP) is -0.330. The van der Waals surface area contributed by atoms with Gasteiger partial charge in [0.25, 0.3) is 11.8 Å². The van der Waals surface area contributed by atoms with Crippen molar-refractivity contribution >= 4 is 11.8 Å². The quantitative estimate of drug-likeness (QED) is 0.467. The molecule has 0 spiro atoms. The summed E-state index contributed by atoms with van der Waals surface area (Å²) in [6.45, 7) is -0.388. The third-order valence-electron chi connectivity index (χ3n) is 1.64. The molecule has 80 valence electrons. The third kappa shape index (κ3) is 2.96. The lowest BCUT2D eigenvalue weighted by Crippen LogP contribution is -2.26. The Morgan fingerprint density at radius 2 is 2.07 bits per heavy atom. The van der Waals surface area contributed by atoms with Gasteiger partial charge in [-0.05, 0) is 12.1 Å². The zero-order valence-electron chi connectivity index (χ0n) is 7.77. The van der Waals surface area contributed by atoms with E-state index in [9.17, 15) is 9.59 Å². The molecule has 0 aliphatic heterocycles. The zero-order valence-corrected chi connectivity index (χ0v) is 7.77. The molecule has 0 fully saturated rings. The van der Waals surface area contributed by atoms with E-state index in [0.717, 1.165) is 0 Å². The van der Waals surface area contributed by atoms with Crippen LogP contribution < -0.4 is 16.0 Å². The standard InChI is InChI=1S/C9H10N2O4/c10-9(13)6-3-1-2-4-7(6)15-5-8(12)11-14/h1-4,14H,5H2,(H2,10,13)(H,11,12). The number of nitrogens with two attached hydrogens (primary N) is 1. The second-order valence-corrected chi connectivity index (χ2v) is 2.68. The summed E-state index contributed by atoms with van der Waals surface area (Å²) < 4.78 is 4.98. The molecule has 0 bridgehead atoms. The molecule has 0 unspecified atom stereocenters. The second kappa shape index (κ2) is 4.97. The molecule has 1 aromatic rings. The molecule has 0 aliphatic carbocycles. The SMILES string of the molecule is NC(=O)c1ccccc1OCC(=O)NO. The maximum absolute atomic E-state index is 10.9. The fraction of sp³-hybridized carbons (Fsp3) is 0.111. The minimum atomic E-state index is -0.714. The van der Waals surface area contributed by atoms with Crippen molar-refractivity contribution in [3.63, 3.8) is 0 Å². The van der Waals surface area contributed by atoms with E-state index in [1.165, 1.54) is 17.6 Å². The zero-order chi connectivity index (χ0) is 11.3. The van der Waals surface area contributed by atoms with Gasteiger partial charge in [0.2, 0.25) is 0 Å². The van der Waals surface area contributed by atoms with E-state index in [2.05, 4.69) is 0 Å². The number of hydroxylamine groups is 1. The lowest BCUT2D eigenvalue weighted by molar-refractivity contribution is -0.131. The molecule has 1 aromatic carbocycles. The number of benzene rings is 1. The number of carbonyl (C=O) groups is 2. The average Bonchev–Trinajstić information content (AvgIpc) is 2.26. The summed E-state index contributed by atoms with van der Waals surface area (Å²) in [4.78, 5) is 21.6. The average molecular weight is 210 g/mol. The topological polar surface area (TPSA) is 102 Å². The van der Waals surface area contributed by atoms with Crippen LogP contribution in [0.1, 0.15) is 10.4 Å². The van der Waals surface area contributed by atoms with Crippen molar-refractivity contribution in [1.29, 1.82) is 0 Å². The van der Waals surface area contributed by atoms with Crippen LogP contribution in [0.2, 0.25) is 0 Å². The minimum absolute atomic E-state index is 0.184. The van der Waals surface area contributed by atoms with Crippen molar-refractivity contribution in [2.45, 2.75) is 0 Å². The first-order valence-corrected chi connectivity index (χ1v) is 4.09. The molecular formula is C9H10N2O4. The first-order valence-electron chi connectivity index (χ1n) is 4.09. The first-order chi connectivity index (χ1) is 7.15. The van der Waals surface area contributed by atoms with E-state index in [0.29, 0.717) is 0 Å². The summed E-state index contributed by atoms with van der Waals surface area (Å²) >= 11 is 0. The van der Waals surface area contributed by atoms with E-state index < -0.39 is 11.8 Å². The summed E-state index contributed by atoms with van der Waals surface area (Å²) in [5.74, 6) is -1.15. The van der Waals surface area contributed by atoms with Gasteiger partial charge in [-0.2, -0.15) is 0 Å². The van der Waals surface area contributed by atoms with Crippen LogP contribution in [0.4, 0.5) is 0 Å². The van der Waals surface area contributed by atoms with Crippen molar-refractivity contribution in [3.8, 4) is 5.75 Å². The Morgan fingerprint density at radius 1 is 1.40 bits per heavy atom. The molecule has 15 heavy (non-hydrogen) atoms. The number of carbonyl (C=O) groups excluding carboxylic acids is 2. The molecule has 0 heterocycles. The van der Waals surface area contributed by atoms with Crippen molar-refractivity contribution in [2.24, 2.45) is 5.73 Å². The van der Waals surface area contributed by atoms with Gasteiger partial charge >= 0.3 is 0 Å². The molecule has 0 radical (unpaired) electrons. The largest absolute Gasteiger partial charge is 0.483 e. The number of amides is 2. The molecule has 0 saturated heterocycles. The number of primary amides is 1. The van der Waals surface area contributed by atoms with Gasteiger partial charge in [-0.25, -0.2) is 5.48 Å². The number of nitrogens with one attached hydrogen (secondary N) is 1. The predicted molar refractivity (Wildman–Crippen MR) is 50.4 cm³/mol. The minimum Gasteiger partial charge on any atom is -0.483 e. The van der Waals surface area contributed by atoms with Crippen molar-refractivity contribution in [1.82, 2.24) is 5.48 Å². The molecule has 0 atom stereocenters. The first kappa shape index (κ1) is 11.0. The summed E-state index contributed by atoms with van der Waals surface area (Å²) in [6.07, 6.45) is 0. The van der Waals surface area contributed by atoms with Gasteiger partial charge in [0, 0.05) is 0 Å². The van der Waals surface area contributed by atoms with Crippen molar-refractivity contribution in [2.75, 3.05) is 6.61 Å². The van der Waals surface area contributed by atoms with Crippen molar-refractivity contribution in [3.05, 3.63) is 29.8 Å². The number of ether oxygens (including phenoxy) is 1. The van der Waals surface area contributed by atoms with Gasteiger partial charge < -0.3 is 10.5 Å². The molecule has 2 amide bonds. The molecular weight excluding hydrogens is 200 g/mol. The molecule has 0 aliphatic rings. The van der Waals surface area contributed by atoms with Crippen LogP contribution in [0.25, 0.3) is 0 Å². The maximum Gasteiger partial charge on any atom is 0.281 e.